The molecule has 0 aromatic heterocycles. The summed E-state index contributed by atoms with van der Waals surface area (Å²) in [6.07, 6.45) is 1.60. The number of likely N-dealkylation sites (N-methyl/N-ethyl adjacent to an activating group) is 1. The van der Waals surface area contributed by atoms with E-state index < -0.39 is 0 Å². The first-order chi connectivity index (χ1) is 15.0. The SMILES string of the molecule is CN1CCN(CCNC(=O)c2ccc3c(c2)NC(=O)/C(=C\c2ccccc2Cl)O3)CC1. The third kappa shape index (κ3) is 5.25. The molecule has 0 saturated carbocycles. The van der Waals surface area contributed by atoms with Crippen LogP contribution in [0.4, 0.5) is 5.69 Å². The van der Waals surface area contributed by atoms with Gasteiger partial charge >= 0.3 is 0 Å². The molecule has 0 unspecified atom stereocenters. The van der Waals surface area contributed by atoms with Crippen molar-refractivity contribution in [2.24, 2.45) is 0 Å². The molecule has 2 amide bonds. The number of piperazine rings is 1. The van der Waals surface area contributed by atoms with E-state index in [1.54, 1.807) is 36.4 Å². The molecule has 2 aliphatic rings. The molecule has 162 valence electrons. The number of nitrogens with one attached hydrogen (secondary N) is 2. The smallest absolute Gasteiger partial charge is 0.291 e. The Morgan fingerprint density at radius 2 is 1.97 bits per heavy atom. The number of benzene rings is 2. The molecule has 1 saturated heterocycles. The lowest BCUT2D eigenvalue weighted by molar-refractivity contribution is -0.115. The fraction of sp³-hybridized carbons (Fsp3) is 0.304. The predicted octanol–water partition coefficient (Wildman–Crippen LogP) is 2.69. The summed E-state index contributed by atoms with van der Waals surface area (Å²) in [5, 5.41) is 6.27. The molecule has 0 radical (unpaired) electrons. The Balaban J connectivity index is 1.38. The summed E-state index contributed by atoms with van der Waals surface area (Å²) in [5.41, 5.74) is 1.63. The Labute approximate surface area is 186 Å². The normalized spacial score (nSPS) is 18.3. The molecule has 4 rings (SSSR count). The third-order valence-corrected chi connectivity index (χ3v) is 5.78. The number of nitrogens with zero attached hydrogens (tertiary/aromatic N) is 2. The number of hydrogen-bond donors (Lipinski definition) is 2. The first-order valence-corrected chi connectivity index (χ1v) is 10.7. The zero-order chi connectivity index (χ0) is 21.8. The standard InChI is InChI=1S/C23H25ClN4O3/c1-27-10-12-28(13-11-27)9-8-25-22(29)17-6-7-20-19(14-17)26-23(30)21(31-20)15-16-4-2-3-5-18(16)24/h2-7,14-15H,8-13H2,1H3,(H,25,29)(H,26,30)/b21-15+. The van der Waals surface area contributed by atoms with Crippen LogP contribution in [0.2, 0.25) is 5.02 Å². The Kier molecular flexibility index (Phi) is 6.56. The van der Waals surface area contributed by atoms with Gasteiger partial charge < -0.3 is 20.3 Å². The summed E-state index contributed by atoms with van der Waals surface area (Å²) in [6.45, 7) is 5.52. The van der Waals surface area contributed by atoms with Crippen molar-refractivity contribution in [2.45, 2.75) is 0 Å². The van der Waals surface area contributed by atoms with Crippen LogP contribution in [0.25, 0.3) is 6.08 Å². The van der Waals surface area contributed by atoms with E-state index in [9.17, 15) is 9.59 Å². The molecule has 2 aliphatic heterocycles. The number of ether oxygens (including phenoxy) is 1. The number of rotatable bonds is 5. The number of carbonyl (C=O) groups is 2. The van der Waals surface area contributed by atoms with Gasteiger partial charge in [0.1, 0.15) is 0 Å². The largest absolute Gasteiger partial charge is 0.449 e. The molecule has 1 fully saturated rings. The minimum atomic E-state index is -0.389. The average Bonchev–Trinajstić information content (AvgIpc) is 2.76. The maximum atomic E-state index is 12.5. The second-order valence-electron chi connectivity index (χ2n) is 7.70. The van der Waals surface area contributed by atoms with Gasteiger partial charge in [-0.05, 0) is 43.0 Å². The highest BCUT2D eigenvalue weighted by Gasteiger charge is 2.23. The van der Waals surface area contributed by atoms with Crippen LogP contribution in [0.3, 0.4) is 0 Å². The lowest BCUT2D eigenvalue weighted by Crippen LogP contribution is -2.46. The number of fused-ring (bicyclic) bond motifs is 1. The van der Waals surface area contributed by atoms with Crippen molar-refractivity contribution < 1.29 is 14.3 Å². The molecule has 0 spiro atoms. The van der Waals surface area contributed by atoms with E-state index in [1.807, 2.05) is 12.1 Å². The minimum Gasteiger partial charge on any atom is -0.449 e. The fourth-order valence-electron chi connectivity index (χ4n) is 3.54. The molecular formula is C23H25ClN4O3. The predicted molar refractivity (Wildman–Crippen MR) is 121 cm³/mol. The lowest BCUT2D eigenvalue weighted by Gasteiger charge is -2.32. The average molecular weight is 441 g/mol. The minimum absolute atomic E-state index is 0.143. The van der Waals surface area contributed by atoms with E-state index in [0.717, 1.165) is 32.7 Å². The van der Waals surface area contributed by atoms with Gasteiger partial charge in [-0.25, -0.2) is 0 Å². The lowest BCUT2D eigenvalue weighted by atomic mass is 10.1. The Bertz CT molecular complexity index is 1020. The molecule has 0 aliphatic carbocycles. The molecule has 7 nitrogen and oxygen atoms in total. The van der Waals surface area contributed by atoms with Crippen molar-refractivity contribution in [3.05, 3.63) is 64.4 Å². The summed E-state index contributed by atoms with van der Waals surface area (Å²) in [4.78, 5) is 29.6. The van der Waals surface area contributed by atoms with Crippen LogP contribution in [0, 0.1) is 0 Å². The Morgan fingerprint density at radius 1 is 1.19 bits per heavy atom. The van der Waals surface area contributed by atoms with Crippen LogP contribution in [-0.2, 0) is 4.79 Å². The highest BCUT2D eigenvalue weighted by molar-refractivity contribution is 6.32. The van der Waals surface area contributed by atoms with Gasteiger partial charge in [0.05, 0.1) is 5.69 Å². The van der Waals surface area contributed by atoms with Crippen molar-refractivity contribution in [1.82, 2.24) is 15.1 Å². The third-order valence-electron chi connectivity index (χ3n) is 5.43. The quantitative estimate of drug-likeness (QED) is 0.699. The van der Waals surface area contributed by atoms with Crippen molar-refractivity contribution in [2.75, 3.05) is 51.6 Å². The Morgan fingerprint density at radius 3 is 2.74 bits per heavy atom. The van der Waals surface area contributed by atoms with Crippen LogP contribution in [0.5, 0.6) is 5.75 Å². The van der Waals surface area contributed by atoms with Crippen molar-refractivity contribution in [3.8, 4) is 5.75 Å². The van der Waals surface area contributed by atoms with E-state index in [-0.39, 0.29) is 17.6 Å². The maximum absolute atomic E-state index is 12.5. The van der Waals surface area contributed by atoms with E-state index in [0.29, 0.717) is 34.1 Å². The van der Waals surface area contributed by atoms with Crippen LogP contribution in [-0.4, -0.2) is 67.9 Å². The van der Waals surface area contributed by atoms with Gasteiger partial charge in [0.25, 0.3) is 11.8 Å². The summed E-state index contributed by atoms with van der Waals surface area (Å²) in [5.74, 6) is 0.0560. The van der Waals surface area contributed by atoms with E-state index >= 15 is 0 Å². The molecule has 31 heavy (non-hydrogen) atoms. The topological polar surface area (TPSA) is 73.9 Å². The summed E-state index contributed by atoms with van der Waals surface area (Å²) >= 11 is 6.16. The van der Waals surface area contributed by atoms with Crippen LogP contribution >= 0.6 is 11.6 Å². The second-order valence-corrected chi connectivity index (χ2v) is 8.11. The Hall–Kier alpha value is -2.87. The van der Waals surface area contributed by atoms with Gasteiger partial charge in [0.15, 0.2) is 11.5 Å². The first-order valence-electron chi connectivity index (χ1n) is 10.3. The number of anilines is 1. The van der Waals surface area contributed by atoms with Crippen molar-refractivity contribution in [1.29, 1.82) is 0 Å². The van der Waals surface area contributed by atoms with E-state index in [2.05, 4.69) is 27.5 Å². The zero-order valence-corrected chi connectivity index (χ0v) is 18.1. The fourth-order valence-corrected chi connectivity index (χ4v) is 3.73. The molecule has 8 heteroatoms. The molecule has 0 bridgehead atoms. The molecule has 0 atom stereocenters. The summed E-state index contributed by atoms with van der Waals surface area (Å²) in [6, 6.07) is 12.2. The van der Waals surface area contributed by atoms with Crippen molar-refractivity contribution in [3.63, 3.8) is 0 Å². The van der Waals surface area contributed by atoms with E-state index in [4.69, 9.17) is 16.3 Å². The summed E-state index contributed by atoms with van der Waals surface area (Å²) < 4.78 is 5.76. The van der Waals surface area contributed by atoms with Crippen LogP contribution < -0.4 is 15.4 Å². The van der Waals surface area contributed by atoms with Gasteiger partial charge in [-0.2, -0.15) is 0 Å². The molecule has 2 aromatic carbocycles. The monoisotopic (exact) mass is 440 g/mol. The highest BCUT2D eigenvalue weighted by Crippen LogP contribution is 2.33. The molecular weight excluding hydrogens is 416 g/mol. The maximum Gasteiger partial charge on any atom is 0.291 e. The number of hydrogen-bond acceptors (Lipinski definition) is 5. The van der Waals surface area contributed by atoms with Crippen LogP contribution in [0.15, 0.2) is 48.2 Å². The van der Waals surface area contributed by atoms with Gasteiger partial charge in [0, 0.05) is 49.9 Å². The molecule has 2 heterocycles. The number of carbonyl (C=O) groups excluding carboxylic acids is 2. The van der Waals surface area contributed by atoms with Crippen molar-refractivity contribution >= 4 is 35.2 Å². The van der Waals surface area contributed by atoms with E-state index in [1.165, 1.54) is 0 Å². The first kappa shape index (κ1) is 21.4. The second kappa shape index (κ2) is 9.51. The van der Waals surface area contributed by atoms with Gasteiger partial charge in [0.2, 0.25) is 0 Å². The number of halogens is 1. The summed E-state index contributed by atoms with van der Waals surface area (Å²) in [7, 11) is 2.12. The number of amides is 2. The van der Waals surface area contributed by atoms with Gasteiger partial charge in [-0.3, -0.25) is 14.5 Å². The molecule has 2 N–H and O–H groups in total. The highest BCUT2D eigenvalue weighted by atomic mass is 35.5. The van der Waals surface area contributed by atoms with Gasteiger partial charge in [-0.1, -0.05) is 29.8 Å². The molecule has 2 aromatic rings. The van der Waals surface area contributed by atoms with Crippen LogP contribution in [0.1, 0.15) is 15.9 Å². The van der Waals surface area contributed by atoms with Gasteiger partial charge in [-0.15, -0.1) is 0 Å². The zero-order valence-electron chi connectivity index (χ0n) is 17.4.